The third-order valence-corrected chi connectivity index (χ3v) is 6.03. The third-order valence-electron chi connectivity index (χ3n) is 4.26. The number of nitrogens with zero attached hydrogens (tertiary/aromatic N) is 1. The lowest BCUT2D eigenvalue weighted by atomic mass is 9.79. The molecule has 1 aliphatic heterocycles. The number of thioether (sulfide) groups is 1. The van der Waals surface area contributed by atoms with E-state index in [1.807, 2.05) is 0 Å². The summed E-state index contributed by atoms with van der Waals surface area (Å²) in [5, 5.41) is 3.74. The second-order valence-electron chi connectivity index (χ2n) is 5.98. The van der Waals surface area contributed by atoms with Gasteiger partial charge in [0.1, 0.15) is 5.82 Å². The van der Waals surface area contributed by atoms with Crippen molar-refractivity contribution in [3.8, 4) is 0 Å². The molecule has 1 saturated carbocycles. The fourth-order valence-corrected chi connectivity index (χ4v) is 4.57. The molecule has 114 valence electrons. The molecule has 0 unspecified atom stereocenters. The molecule has 1 N–H and O–H groups in total. The van der Waals surface area contributed by atoms with Gasteiger partial charge in [-0.05, 0) is 53.6 Å². The summed E-state index contributed by atoms with van der Waals surface area (Å²) in [5.41, 5.74) is 0.270. The average molecular weight is 375 g/mol. The lowest BCUT2D eigenvalue weighted by molar-refractivity contribution is 0.273. The lowest BCUT2D eigenvalue weighted by Crippen LogP contribution is -2.32. The van der Waals surface area contributed by atoms with Crippen LogP contribution < -0.4 is 5.32 Å². The van der Waals surface area contributed by atoms with Gasteiger partial charge >= 0.3 is 0 Å². The highest BCUT2D eigenvalue weighted by atomic mass is 79.9. The number of anilines is 1. The molecular formula is C15H17BrF2N2S. The molecule has 0 amide bonds. The van der Waals surface area contributed by atoms with E-state index in [-0.39, 0.29) is 11.2 Å². The monoisotopic (exact) mass is 374 g/mol. The first-order valence-electron chi connectivity index (χ1n) is 7.12. The smallest absolute Gasteiger partial charge is 0.161 e. The molecule has 0 atom stereocenters. The molecular weight excluding hydrogens is 358 g/mol. The van der Waals surface area contributed by atoms with Crippen LogP contribution in [-0.4, -0.2) is 16.5 Å². The Kier molecular flexibility index (Phi) is 4.28. The molecule has 1 spiro atoms. The van der Waals surface area contributed by atoms with Gasteiger partial charge in [-0.3, -0.25) is 4.99 Å². The van der Waals surface area contributed by atoms with Crippen LogP contribution in [0.2, 0.25) is 0 Å². The largest absolute Gasteiger partial charge is 0.332 e. The van der Waals surface area contributed by atoms with Gasteiger partial charge in [-0.1, -0.05) is 18.7 Å². The first kappa shape index (κ1) is 15.3. The van der Waals surface area contributed by atoms with Gasteiger partial charge in [0.25, 0.3) is 0 Å². The van der Waals surface area contributed by atoms with Gasteiger partial charge in [0.05, 0.1) is 11.2 Å². The summed E-state index contributed by atoms with van der Waals surface area (Å²) in [7, 11) is 0. The fraction of sp³-hybridized carbons (Fsp3) is 0.533. The van der Waals surface area contributed by atoms with Crippen molar-refractivity contribution in [3.63, 3.8) is 0 Å². The van der Waals surface area contributed by atoms with Crippen LogP contribution in [0.4, 0.5) is 14.5 Å². The number of aliphatic imine (C=N–C) groups is 1. The molecule has 2 aliphatic rings. The summed E-state index contributed by atoms with van der Waals surface area (Å²) < 4.78 is 27.3. The Balaban J connectivity index is 1.77. The summed E-state index contributed by atoms with van der Waals surface area (Å²) >= 11 is 4.82. The molecule has 0 radical (unpaired) electrons. The number of amidine groups is 1. The van der Waals surface area contributed by atoms with Crippen LogP contribution in [0.1, 0.15) is 32.6 Å². The summed E-state index contributed by atoms with van der Waals surface area (Å²) in [6.45, 7) is 2.28. The molecule has 1 aromatic carbocycles. The minimum absolute atomic E-state index is 0.0164. The van der Waals surface area contributed by atoms with Crippen LogP contribution in [0.25, 0.3) is 0 Å². The topological polar surface area (TPSA) is 24.4 Å². The summed E-state index contributed by atoms with van der Waals surface area (Å²) in [6.07, 6.45) is 4.59. The van der Waals surface area contributed by atoms with E-state index in [2.05, 4.69) is 28.2 Å². The number of rotatable bonds is 1. The molecule has 6 heteroatoms. The minimum Gasteiger partial charge on any atom is -0.332 e. The highest BCUT2D eigenvalue weighted by Crippen LogP contribution is 2.42. The molecule has 1 aliphatic carbocycles. The Morgan fingerprint density at radius 3 is 2.71 bits per heavy atom. The standard InChI is InChI=1S/C15H17BrF2N2S/c1-9-2-4-15(5-3-9)8-21-14(20-15)19-13-11(16)6-10(17)7-12(13)18/h6-7,9H,2-5,8H2,1H3,(H,19,20). The van der Waals surface area contributed by atoms with E-state index in [0.717, 1.165) is 35.7 Å². The van der Waals surface area contributed by atoms with Gasteiger partial charge in [-0.25, -0.2) is 8.78 Å². The average Bonchev–Trinajstić information content (AvgIpc) is 2.81. The highest BCUT2D eigenvalue weighted by Gasteiger charge is 2.38. The van der Waals surface area contributed by atoms with Gasteiger partial charge in [0.2, 0.25) is 0 Å². The molecule has 1 fully saturated rings. The van der Waals surface area contributed by atoms with Crippen molar-refractivity contribution in [3.05, 3.63) is 28.2 Å². The highest BCUT2D eigenvalue weighted by molar-refractivity contribution is 9.10. The zero-order chi connectivity index (χ0) is 15.0. The number of halogens is 3. The molecule has 21 heavy (non-hydrogen) atoms. The van der Waals surface area contributed by atoms with Crippen LogP contribution in [0.5, 0.6) is 0 Å². The van der Waals surface area contributed by atoms with E-state index in [9.17, 15) is 8.78 Å². The van der Waals surface area contributed by atoms with Crippen molar-refractivity contribution in [2.75, 3.05) is 11.1 Å². The first-order valence-corrected chi connectivity index (χ1v) is 8.89. The SMILES string of the molecule is CC1CCC2(CC1)CSC(Nc1c(F)cc(F)cc1Br)=N2. The van der Waals surface area contributed by atoms with Gasteiger partial charge in [-0.2, -0.15) is 0 Å². The van der Waals surface area contributed by atoms with Crippen molar-refractivity contribution < 1.29 is 8.78 Å². The minimum atomic E-state index is -0.608. The maximum atomic E-state index is 13.9. The third kappa shape index (κ3) is 3.26. The Bertz CT molecular complexity index is 560. The van der Waals surface area contributed by atoms with E-state index in [4.69, 9.17) is 4.99 Å². The van der Waals surface area contributed by atoms with Crippen LogP contribution in [0.3, 0.4) is 0 Å². The van der Waals surface area contributed by atoms with E-state index in [0.29, 0.717) is 4.47 Å². The van der Waals surface area contributed by atoms with E-state index < -0.39 is 11.6 Å². The molecule has 3 rings (SSSR count). The van der Waals surface area contributed by atoms with Crippen LogP contribution in [0.15, 0.2) is 21.6 Å². The molecule has 0 bridgehead atoms. The fourth-order valence-electron chi connectivity index (χ4n) is 2.87. The zero-order valence-electron chi connectivity index (χ0n) is 11.8. The van der Waals surface area contributed by atoms with Crippen LogP contribution >= 0.6 is 27.7 Å². The lowest BCUT2D eigenvalue weighted by Gasteiger charge is -2.32. The van der Waals surface area contributed by atoms with E-state index in [1.54, 1.807) is 11.8 Å². The Labute approximate surface area is 135 Å². The molecule has 1 aromatic rings. The van der Waals surface area contributed by atoms with Gasteiger partial charge in [0, 0.05) is 16.3 Å². The molecule has 0 saturated heterocycles. The number of hydrogen-bond donors (Lipinski definition) is 1. The van der Waals surface area contributed by atoms with Gasteiger partial charge in [0.15, 0.2) is 11.0 Å². The summed E-state index contributed by atoms with van der Waals surface area (Å²) in [6, 6.07) is 2.13. The maximum Gasteiger partial charge on any atom is 0.161 e. The second kappa shape index (κ2) is 5.88. The van der Waals surface area contributed by atoms with Crippen molar-refractivity contribution in [2.45, 2.75) is 38.1 Å². The van der Waals surface area contributed by atoms with Crippen LogP contribution in [-0.2, 0) is 0 Å². The molecule has 0 aromatic heterocycles. The number of nitrogens with one attached hydrogen (secondary N) is 1. The summed E-state index contributed by atoms with van der Waals surface area (Å²) in [5.74, 6) is 0.520. The van der Waals surface area contributed by atoms with Crippen molar-refractivity contribution in [1.29, 1.82) is 0 Å². The van der Waals surface area contributed by atoms with Crippen molar-refractivity contribution in [1.82, 2.24) is 0 Å². The van der Waals surface area contributed by atoms with Crippen molar-refractivity contribution in [2.24, 2.45) is 10.9 Å². The second-order valence-corrected chi connectivity index (χ2v) is 7.80. The summed E-state index contributed by atoms with van der Waals surface area (Å²) in [4.78, 5) is 4.80. The van der Waals surface area contributed by atoms with E-state index >= 15 is 0 Å². The first-order chi connectivity index (χ1) is 9.97. The quantitative estimate of drug-likeness (QED) is 0.731. The maximum absolute atomic E-state index is 13.9. The van der Waals surface area contributed by atoms with Gasteiger partial charge in [-0.15, -0.1) is 0 Å². The van der Waals surface area contributed by atoms with E-state index in [1.165, 1.54) is 18.9 Å². The Morgan fingerprint density at radius 2 is 2.05 bits per heavy atom. The zero-order valence-corrected chi connectivity index (χ0v) is 14.2. The number of hydrogen-bond acceptors (Lipinski definition) is 3. The Hall–Kier alpha value is -0.620. The predicted octanol–water partition coefficient (Wildman–Crippen LogP) is 5.19. The molecule has 1 heterocycles. The number of benzene rings is 1. The normalized spacial score (nSPS) is 28.8. The van der Waals surface area contributed by atoms with Gasteiger partial charge < -0.3 is 5.32 Å². The molecule has 2 nitrogen and oxygen atoms in total. The predicted molar refractivity (Wildman–Crippen MR) is 87.9 cm³/mol. The van der Waals surface area contributed by atoms with Crippen molar-refractivity contribution >= 4 is 38.5 Å². The van der Waals surface area contributed by atoms with Crippen LogP contribution in [0, 0.1) is 17.6 Å². The Morgan fingerprint density at radius 1 is 1.33 bits per heavy atom.